The summed E-state index contributed by atoms with van der Waals surface area (Å²) < 4.78 is 104. The van der Waals surface area contributed by atoms with Crippen LogP contribution in [0.25, 0.3) is 88.0 Å². The number of fused-ring (bicyclic) bond motifs is 5. The van der Waals surface area contributed by atoms with Crippen molar-refractivity contribution in [2.75, 3.05) is 0 Å². The van der Waals surface area contributed by atoms with E-state index in [1.54, 1.807) is 0 Å². The topological polar surface area (TPSA) is 13.1 Å². The zero-order valence-electron chi connectivity index (χ0n) is 34.7. The summed E-state index contributed by atoms with van der Waals surface area (Å²) in [6, 6.07) is 27.6. The van der Waals surface area contributed by atoms with Gasteiger partial charge in [-0.05, 0) is 84.2 Å². The van der Waals surface area contributed by atoms with Crippen molar-refractivity contribution in [1.29, 1.82) is 0 Å². The molecule has 0 N–H and O–H groups in total. The zero-order valence-corrected chi connectivity index (χ0v) is 23.7. The van der Waals surface area contributed by atoms with Crippen molar-refractivity contribution in [3.05, 3.63) is 170 Å². The highest BCUT2D eigenvalue weighted by Gasteiger charge is 2.22. The molecule has 1 heterocycles. The van der Waals surface area contributed by atoms with Gasteiger partial charge in [0.05, 0.1) is 15.1 Å². The Kier molecular flexibility index (Phi) is 3.87. The maximum atomic E-state index is 9.90. The molecule has 1 aromatic heterocycles. The standard InChI is InChI=1S/C44H28O/c1-3-15-29(16-4-1)31-19-7-8-21-33(31)43-34-22-9-11-24-36(34)44(37-25-12-10-23-35(37)43)40-28-42-39(32-20-13-14-26-41(32)45-42)27-38(40)30-17-5-2-6-18-30/h1-28H/i2D,5D,6D,13D,14D,17D,18D,20D,26D,27D,28D. The minimum absolute atomic E-state index is 0.0608. The third-order valence-electron chi connectivity index (χ3n) is 8.29. The van der Waals surface area contributed by atoms with Gasteiger partial charge in [0.1, 0.15) is 11.2 Å². The Morgan fingerprint density at radius 2 is 0.911 bits per heavy atom. The monoisotopic (exact) mass is 583 g/mol. The van der Waals surface area contributed by atoms with E-state index in [0.29, 0.717) is 16.3 Å². The van der Waals surface area contributed by atoms with Gasteiger partial charge in [0.25, 0.3) is 0 Å². The fourth-order valence-corrected chi connectivity index (χ4v) is 6.40. The van der Waals surface area contributed by atoms with E-state index >= 15 is 0 Å². The highest BCUT2D eigenvalue weighted by molar-refractivity contribution is 6.24. The second-order valence-corrected chi connectivity index (χ2v) is 10.8. The number of furan rings is 1. The Hall–Kier alpha value is -5.92. The Labute approximate surface area is 277 Å². The molecule has 210 valence electrons. The van der Waals surface area contributed by atoms with Crippen LogP contribution in [0.15, 0.2) is 174 Å². The van der Waals surface area contributed by atoms with Crippen molar-refractivity contribution in [1.82, 2.24) is 0 Å². The average molecular weight is 584 g/mol. The molecule has 0 amide bonds. The normalized spacial score (nSPS) is 15.0. The molecule has 0 unspecified atom stereocenters. The first-order valence-electron chi connectivity index (χ1n) is 20.1. The summed E-state index contributed by atoms with van der Waals surface area (Å²) in [5.74, 6) is 0. The molecule has 0 aliphatic heterocycles. The minimum atomic E-state index is -0.625. The van der Waals surface area contributed by atoms with Crippen molar-refractivity contribution in [2.45, 2.75) is 0 Å². The number of para-hydroxylation sites is 1. The third-order valence-corrected chi connectivity index (χ3v) is 8.29. The van der Waals surface area contributed by atoms with Gasteiger partial charge in [-0.2, -0.15) is 0 Å². The van der Waals surface area contributed by atoms with Crippen LogP contribution >= 0.6 is 0 Å². The molecule has 0 aliphatic carbocycles. The van der Waals surface area contributed by atoms with Crippen LogP contribution in [0, 0.1) is 0 Å². The average Bonchev–Trinajstić information content (AvgIpc) is 3.64. The smallest absolute Gasteiger partial charge is 0.136 e. The van der Waals surface area contributed by atoms with Crippen LogP contribution in [0.5, 0.6) is 0 Å². The molecule has 0 fully saturated rings. The van der Waals surface area contributed by atoms with Crippen LogP contribution in [-0.4, -0.2) is 0 Å². The van der Waals surface area contributed by atoms with E-state index in [1.807, 2.05) is 91.0 Å². The van der Waals surface area contributed by atoms with Crippen molar-refractivity contribution >= 4 is 43.5 Å². The summed E-state index contributed by atoms with van der Waals surface area (Å²) in [6.07, 6.45) is 0. The van der Waals surface area contributed by atoms with Gasteiger partial charge in [0, 0.05) is 10.8 Å². The first kappa shape index (κ1) is 16.8. The predicted octanol–water partition coefficient (Wildman–Crippen LogP) is 12.6. The molecule has 0 spiro atoms. The fourth-order valence-electron chi connectivity index (χ4n) is 6.40. The van der Waals surface area contributed by atoms with E-state index < -0.39 is 60.4 Å². The molecule has 9 aromatic rings. The van der Waals surface area contributed by atoms with Gasteiger partial charge >= 0.3 is 0 Å². The van der Waals surface area contributed by atoms with Gasteiger partial charge in [-0.3, -0.25) is 0 Å². The summed E-state index contributed by atoms with van der Waals surface area (Å²) in [5.41, 5.74) is 3.49. The van der Waals surface area contributed by atoms with Crippen molar-refractivity contribution < 1.29 is 19.5 Å². The Morgan fingerprint density at radius 3 is 1.60 bits per heavy atom. The summed E-state index contributed by atoms with van der Waals surface area (Å²) >= 11 is 0. The van der Waals surface area contributed by atoms with Crippen molar-refractivity contribution in [3.8, 4) is 44.5 Å². The SMILES string of the molecule is [2H]c1c([2H])c([2H])c(-c2c(-c3c4ccccc4c(-c4ccccc4-c4ccccc4)c4ccccc34)c([2H])c3oc4c([2H])c([2H])c([2H])c([2H])c4c3c2[2H])c([2H])c1[2H]. The predicted molar refractivity (Wildman–Crippen MR) is 190 cm³/mol. The summed E-state index contributed by atoms with van der Waals surface area (Å²) in [5, 5.41) is 2.66. The Morgan fingerprint density at radius 1 is 0.356 bits per heavy atom. The van der Waals surface area contributed by atoms with Gasteiger partial charge in [0.15, 0.2) is 0 Å². The molecule has 0 aliphatic rings. The van der Waals surface area contributed by atoms with Gasteiger partial charge in [-0.25, -0.2) is 0 Å². The van der Waals surface area contributed by atoms with Gasteiger partial charge in [-0.15, -0.1) is 0 Å². The molecular weight excluding hydrogens is 544 g/mol. The van der Waals surface area contributed by atoms with Crippen LogP contribution in [0.3, 0.4) is 0 Å². The lowest BCUT2D eigenvalue weighted by molar-refractivity contribution is 0.669. The maximum Gasteiger partial charge on any atom is 0.136 e. The molecule has 9 rings (SSSR count). The highest BCUT2D eigenvalue weighted by atomic mass is 16.3. The lowest BCUT2D eigenvalue weighted by Gasteiger charge is -2.21. The number of hydrogen-bond acceptors (Lipinski definition) is 1. The van der Waals surface area contributed by atoms with Crippen LogP contribution < -0.4 is 0 Å². The minimum Gasteiger partial charge on any atom is -0.456 e. The lowest BCUT2D eigenvalue weighted by Crippen LogP contribution is -1.94. The molecule has 1 heteroatoms. The molecule has 0 bridgehead atoms. The molecule has 8 aromatic carbocycles. The lowest BCUT2D eigenvalue weighted by atomic mass is 9.82. The van der Waals surface area contributed by atoms with E-state index in [2.05, 4.69) is 12.1 Å². The van der Waals surface area contributed by atoms with Crippen LogP contribution in [0.2, 0.25) is 0 Å². The molecule has 1 nitrogen and oxygen atoms in total. The van der Waals surface area contributed by atoms with Gasteiger partial charge < -0.3 is 4.42 Å². The number of benzene rings is 8. The molecule has 0 radical (unpaired) electrons. The first-order valence-corrected chi connectivity index (χ1v) is 14.6. The van der Waals surface area contributed by atoms with E-state index in [9.17, 15) is 2.74 Å². The second kappa shape index (κ2) is 10.4. The van der Waals surface area contributed by atoms with Gasteiger partial charge in [-0.1, -0.05) is 151 Å². The molecule has 0 atom stereocenters. The summed E-state index contributed by atoms with van der Waals surface area (Å²) in [4.78, 5) is 0. The molecule has 0 saturated carbocycles. The zero-order chi connectivity index (χ0) is 39.3. The van der Waals surface area contributed by atoms with E-state index in [4.69, 9.17) is 16.8 Å². The van der Waals surface area contributed by atoms with E-state index in [1.165, 1.54) is 0 Å². The van der Waals surface area contributed by atoms with E-state index in [0.717, 1.165) is 33.0 Å². The van der Waals surface area contributed by atoms with Crippen molar-refractivity contribution in [2.24, 2.45) is 0 Å². The van der Waals surface area contributed by atoms with Crippen LogP contribution in [0.1, 0.15) is 15.1 Å². The quantitative estimate of drug-likeness (QED) is 0.188. The van der Waals surface area contributed by atoms with E-state index in [-0.39, 0.29) is 44.7 Å². The molecule has 45 heavy (non-hydrogen) atoms. The summed E-state index contributed by atoms with van der Waals surface area (Å²) in [6.45, 7) is 0. The number of hydrogen-bond donors (Lipinski definition) is 0. The van der Waals surface area contributed by atoms with Crippen molar-refractivity contribution in [3.63, 3.8) is 0 Å². The van der Waals surface area contributed by atoms with Gasteiger partial charge in [0.2, 0.25) is 0 Å². The second-order valence-electron chi connectivity index (χ2n) is 10.8. The third kappa shape index (κ3) is 4.09. The first-order chi connectivity index (χ1) is 26.9. The Bertz CT molecular complexity index is 3070. The molecule has 0 saturated heterocycles. The molecular formula is C44H28O. The van der Waals surface area contributed by atoms with Crippen LogP contribution in [-0.2, 0) is 0 Å². The van der Waals surface area contributed by atoms with Crippen LogP contribution in [0.4, 0.5) is 0 Å². The number of rotatable bonds is 4. The maximum absolute atomic E-state index is 9.90. The largest absolute Gasteiger partial charge is 0.456 e. The Balaban J connectivity index is 1.53. The summed E-state index contributed by atoms with van der Waals surface area (Å²) in [7, 11) is 0. The highest BCUT2D eigenvalue weighted by Crippen LogP contribution is 2.49. The fraction of sp³-hybridized carbons (Fsp3) is 0.